The van der Waals surface area contributed by atoms with Crippen LogP contribution in [0.2, 0.25) is 10.0 Å². The maximum Gasteiger partial charge on any atom is 0.203 e. The SMILES string of the molecule is O=c1c(Br)c[nH]c2cc(Cl)c(Cl)cc12. The minimum atomic E-state index is -0.0997. The maximum absolute atomic E-state index is 11.6. The van der Waals surface area contributed by atoms with Gasteiger partial charge < -0.3 is 4.98 Å². The number of benzene rings is 1. The molecular weight excluding hydrogens is 289 g/mol. The lowest BCUT2D eigenvalue weighted by Crippen LogP contribution is -2.03. The fourth-order valence-corrected chi connectivity index (χ4v) is 1.84. The van der Waals surface area contributed by atoms with Gasteiger partial charge in [-0.1, -0.05) is 23.2 Å². The van der Waals surface area contributed by atoms with Crippen molar-refractivity contribution >= 4 is 50.0 Å². The van der Waals surface area contributed by atoms with E-state index in [0.29, 0.717) is 25.4 Å². The normalized spacial score (nSPS) is 10.8. The number of aromatic amines is 1. The number of hydrogen-bond donors (Lipinski definition) is 1. The quantitative estimate of drug-likeness (QED) is 0.791. The van der Waals surface area contributed by atoms with Gasteiger partial charge in [0, 0.05) is 11.6 Å². The van der Waals surface area contributed by atoms with Crippen molar-refractivity contribution in [2.45, 2.75) is 0 Å². The van der Waals surface area contributed by atoms with Crippen LogP contribution in [0, 0.1) is 0 Å². The van der Waals surface area contributed by atoms with Crippen LogP contribution < -0.4 is 5.43 Å². The molecule has 0 saturated carbocycles. The Morgan fingerprint density at radius 3 is 2.57 bits per heavy atom. The van der Waals surface area contributed by atoms with Crippen LogP contribution in [0.25, 0.3) is 10.9 Å². The van der Waals surface area contributed by atoms with Crippen LogP contribution in [0.5, 0.6) is 0 Å². The topological polar surface area (TPSA) is 32.9 Å². The molecule has 1 aromatic heterocycles. The smallest absolute Gasteiger partial charge is 0.203 e. The summed E-state index contributed by atoms with van der Waals surface area (Å²) in [6, 6.07) is 3.19. The Morgan fingerprint density at radius 1 is 1.21 bits per heavy atom. The highest BCUT2D eigenvalue weighted by atomic mass is 79.9. The lowest BCUT2D eigenvalue weighted by molar-refractivity contribution is 1.36. The average Bonchev–Trinajstić information content (AvgIpc) is 2.15. The number of fused-ring (bicyclic) bond motifs is 1. The Morgan fingerprint density at radius 2 is 1.86 bits per heavy atom. The molecule has 0 amide bonds. The van der Waals surface area contributed by atoms with Gasteiger partial charge in [0.15, 0.2) is 0 Å². The van der Waals surface area contributed by atoms with Crippen molar-refractivity contribution in [3.05, 3.63) is 43.1 Å². The fraction of sp³-hybridized carbons (Fsp3) is 0. The Kier molecular flexibility index (Phi) is 2.56. The van der Waals surface area contributed by atoms with E-state index >= 15 is 0 Å². The van der Waals surface area contributed by atoms with Gasteiger partial charge in [-0.3, -0.25) is 4.79 Å². The zero-order chi connectivity index (χ0) is 10.3. The summed E-state index contributed by atoms with van der Waals surface area (Å²) in [7, 11) is 0. The molecule has 0 aliphatic heterocycles. The molecule has 0 aliphatic carbocycles. The third kappa shape index (κ3) is 1.56. The standard InChI is InChI=1S/C9H4BrCl2NO/c10-5-3-13-8-2-7(12)6(11)1-4(8)9(5)14/h1-3H,(H,13,14). The third-order valence-corrected chi connectivity index (χ3v) is 3.19. The van der Waals surface area contributed by atoms with Crippen molar-refractivity contribution in [2.24, 2.45) is 0 Å². The minimum Gasteiger partial charge on any atom is -0.360 e. The van der Waals surface area contributed by atoms with Gasteiger partial charge in [0.25, 0.3) is 0 Å². The molecule has 0 radical (unpaired) electrons. The van der Waals surface area contributed by atoms with Crippen molar-refractivity contribution in [1.82, 2.24) is 4.98 Å². The molecule has 2 nitrogen and oxygen atoms in total. The molecule has 1 aromatic carbocycles. The van der Waals surface area contributed by atoms with E-state index in [1.54, 1.807) is 18.3 Å². The zero-order valence-corrected chi connectivity index (χ0v) is 9.87. The van der Waals surface area contributed by atoms with E-state index in [-0.39, 0.29) is 5.43 Å². The summed E-state index contributed by atoms with van der Waals surface area (Å²) in [5, 5.41) is 1.33. The van der Waals surface area contributed by atoms with Crippen LogP contribution in [0.3, 0.4) is 0 Å². The minimum absolute atomic E-state index is 0.0997. The van der Waals surface area contributed by atoms with Gasteiger partial charge in [-0.05, 0) is 28.1 Å². The van der Waals surface area contributed by atoms with Gasteiger partial charge in [-0.15, -0.1) is 0 Å². The molecule has 0 bridgehead atoms. The second-order valence-electron chi connectivity index (χ2n) is 2.78. The maximum atomic E-state index is 11.6. The first-order chi connectivity index (χ1) is 6.59. The molecule has 5 heteroatoms. The molecule has 1 N–H and O–H groups in total. The summed E-state index contributed by atoms with van der Waals surface area (Å²) in [5.41, 5.74) is 0.574. The molecule has 2 rings (SSSR count). The molecule has 0 unspecified atom stereocenters. The predicted octanol–water partition coefficient (Wildman–Crippen LogP) is 3.60. The molecular formula is C9H4BrCl2NO. The number of H-pyrrole nitrogens is 1. The highest BCUT2D eigenvalue weighted by Crippen LogP contribution is 2.25. The van der Waals surface area contributed by atoms with E-state index in [0.717, 1.165) is 0 Å². The van der Waals surface area contributed by atoms with Gasteiger partial charge in [0.05, 0.1) is 20.0 Å². The van der Waals surface area contributed by atoms with E-state index in [1.165, 1.54) is 0 Å². The summed E-state index contributed by atoms with van der Waals surface area (Å²) in [6.45, 7) is 0. The fourth-order valence-electron chi connectivity index (χ4n) is 1.19. The molecule has 0 atom stereocenters. The molecule has 0 spiro atoms. The Hall–Kier alpha value is -0.510. The first kappa shape index (κ1) is 10.0. The second-order valence-corrected chi connectivity index (χ2v) is 4.45. The number of nitrogens with one attached hydrogen (secondary N) is 1. The van der Waals surface area contributed by atoms with Crippen LogP contribution in [0.4, 0.5) is 0 Å². The van der Waals surface area contributed by atoms with E-state index in [2.05, 4.69) is 20.9 Å². The molecule has 14 heavy (non-hydrogen) atoms. The Labute approximate surface area is 98.0 Å². The number of halogens is 3. The van der Waals surface area contributed by atoms with Gasteiger partial charge >= 0.3 is 0 Å². The van der Waals surface area contributed by atoms with Gasteiger partial charge in [0.1, 0.15) is 0 Å². The van der Waals surface area contributed by atoms with Gasteiger partial charge in [-0.25, -0.2) is 0 Å². The predicted molar refractivity (Wildman–Crippen MR) is 62.3 cm³/mol. The number of hydrogen-bond acceptors (Lipinski definition) is 1. The van der Waals surface area contributed by atoms with E-state index in [4.69, 9.17) is 23.2 Å². The van der Waals surface area contributed by atoms with Crippen molar-refractivity contribution in [3.63, 3.8) is 0 Å². The molecule has 0 aliphatic rings. The van der Waals surface area contributed by atoms with Crippen LogP contribution in [0.1, 0.15) is 0 Å². The van der Waals surface area contributed by atoms with Crippen molar-refractivity contribution in [2.75, 3.05) is 0 Å². The molecule has 72 valence electrons. The highest BCUT2D eigenvalue weighted by molar-refractivity contribution is 9.10. The largest absolute Gasteiger partial charge is 0.360 e. The summed E-state index contributed by atoms with van der Waals surface area (Å²) in [5.74, 6) is 0. The first-order valence-electron chi connectivity index (χ1n) is 3.75. The van der Waals surface area contributed by atoms with E-state index in [1.807, 2.05) is 0 Å². The zero-order valence-electron chi connectivity index (χ0n) is 6.77. The highest BCUT2D eigenvalue weighted by Gasteiger charge is 2.06. The van der Waals surface area contributed by atoms with E-state index < -0.39 is 0 Å². The van der Waals surface area contributed by atoms with E-state index in [9.17, 15) is 4.79 Å². The van der Waals surface area contributed by atoms with Crippen molar-refractivity contribution < 1.29 is 0 Å². The van der Waals surface area contributed by atoms with Crippen molar-refractivity contribution in [1.29, 1.82) is 0 Å². The van der Waals surface area contributed by atoms with Gasteiger partial charge in [0.2, 0.25) is 5.43 Å². The first-order valence-corrected chi connectivity index (χ1v) is 5.30. The third-order valence-electron chi connectivity index (χ3n) is 1.88. The molecule has 1 heterocycles. The Balaban J connectivity index is 2.97. The molecule has 2 aromatic rings. The Bertz CT molecular complexity index is 564. The van der Waals surface area contributed by atoms with Crippen LogP contribution >= 0.6 is 39.1 Å². The van der Waals surface area contributed by atoms with Crippen molar-refractivity contribution in [3.8, 4) is 0 Å². The lowest BCUT2D eigenvalue weighted by atomic mass is 10.2. The van der Waals surface area contributed by atoms with Crippen LogP contribution in [-0.2, 0) is 0 Å². The average molecular weight is 293 g/mol. The summed E-state index contributed by atoms with van der Waals surface area (Å²) >= 11 is 14.8. The number of pyridine rings is 1. The van der Waals surface area contributed by atoms with Crippen LogP contribution in [0.15, 0.2) is 27.6 Å². The van der Waals surface area contributed by atoms with Gasteiger partial charge in [-0.2, -0.15) is 0 Å². The monoisotopic (exact) mass is 291 g/mol. The molecule has 0 saturated heterocycles. The number of rotatable bonds is 0. The second kappa shape index (κ2) is 3.57. The number of aromatic nitrogens is 1. The summed E-state index contributed by atoms with van der Waals surface area (Å²) in [6.07, 6.45) is 1.58. The van der Waals surface area contributed by atoms with Crippen LogP contribution in [-0.4, -0.2) is 4.98 Å². The molecule has 0 fully saturated rings. The summed E-state index contributed by atoms with van der Waals surface area (Å²) in [4.78, 5) is 14.6. The lowest BCUT2D eigenvalue weighted by Gasteiger charge is -2.00. The summed E-state index contributed by atoms with van der Waals surface area (Å²) < 4.78 is 0.475.